The molecule has 0 aliphatic heterocycles. The van der Waals surface area contributed by atoms with Crippen molar-refractivity contribution >= 4 is 10.9 Å². The molecule has 0 unspecified atom stereocenters. The molecule has 0 atom stereocenters. The Hall–Kier alpha value is -1.41. The summed E-state index contributed by atoms with van der Waals surface area (Å²) in [5.74, 6) is 0. The molecule has 2 rings (SSSR count). The number of ether oxygens (including phenoxy) is 1. The maximum absolute atomic E-state index is 5.74. The largest absolute Gasteiger partial charge is 0.371 e. The fraction of sp³-hybridized carbons (Fsp3) is 0.357. The summed E-state index contributed by atoms with van der Waals surface area (Å²) in [6.45, 7) is 6.92. The van der Waals surface area contributed by atoms with Crippen molar-refractivity contribution in [2.75, 3.05) is 6.61 Å². The molecule has 2 nitrogen and oxygen atoms in total. The van der Waals surface area contributed by atoms with E-state index in [0.717, 1.165) is 17.5 Å². The molecule has 0 radical (unpaired) electrons. The van der Waals surface area contributed by atoms with Crippen LogP contribution in [0.25, 0.3) is 10.9 Å². The Balaban J connectivity index is 2.46. The molecule has 2 heteroatoms. The molecule has 0 bridgehead atoms. The van der Waals surface area contributed by atoms with Crippen molar-refractivity contribution in [3.63, 3.8) is 0 Å². The first-order valence-corrected chi connectivity index (χ1v) is 5.63. The molecule has 0 aliphatic rings. The van der Waals surface area contributed by atoms with Crippen LogP contribution >= 0.6 is 0 Å². The van der Waals surface area contributed by atoms with Gasteiger partial charge in [0.1, 0.15) is 0 Å². The summed E-state index contributed by atoms with van der Waals surface area (Å²) >= 11 is 0. The second kappa shape index (κ2) is 4.22. The fourth-order valence-corrected chi connectivity index (χ4v) is 1.89. The van der Waals surface area contributed by atoms with Crippen LogP contribution in [0.5, 0.6) is 0 Å². The van der Waals surface area contributed by atoms with Gasteiger partial charge in [-0.2, -0.15) is 0 Å². The zero-order valence-corrected chi connectivity index (χ0v) is 10.0. The minimum absolute atomic E-state index is 0.237. The van der Waals surface area contributed by atoms with Crippen LogP contribution in [-0.2, 0) is 10.3 Å². The second-order valence-corrected chi connectivity index (χ2v) is 4.35. The highest BCUT2D eigenvalue weighted by Gasteiger charge is 2.20. The highest BCUT2D eigenvalue weighted by atomic mass is 16.5. The Labute approximate surface area is 96.3 Å². The summed E-state index contributed by atoms with van der Waals surface area (Å²) in [6, 6.07) is 10.3. The number of hydrogen-bond donors (Lipinski definition) is 0. The third kappa shape index (κ3) is 2.07. The number of pyridine rings is 1. The number of nitrogens with zero attached hydrogens (tertiary/aromatic N) is 1. The summed E-state index contributed by atoms with van der Waals surface area (Å²) in [5.41, 5.74) is 1.98. The predicted octanol–water partition coefficient (Wildman–Crippen LogP) is 3.51. The van der Waals surface area contributed by atoms with Crippen molar-refractivity contribution in [2.45, 2.75) is 26.4 Å². The molecular weight excluding hydrogens is 198 g/mol. The molecule has 0 saturated carbocycles. The first-order chi connectivity index (χ1) is 7.63. The predicted molar refractivity (Wildman–Crippen MR) is 66.4 cm³/mol. The molecule has 0 aliphatic carbocycles. The van der Waals surface area contributed by atoms with E-state index >= 15 is 0 Å². The van der Waals surface area contributed by atoms with E-state index in [1.165, 1.54) is 5.56 Å². The average molecular weight is 215 g/mol. The average Bonchev–Trinajstić information content (AvgIpc) is 2.28. The maximum Gasteiger partial charge on any atom is 0.0875 e. The zero-order valence-electron chi connectivity index (χ0n) is 10.0. The van der Waals surface area contributed by atoms with Gasteiger partial charge < -0.3 is 4.74 Å². The molecule has 84 valence electrons. The number of rotatable bonds is 3. The standard InChI is InChI=1S/C14H17NO/c1-4-16-14(2,3)12-7-8-13-11(10-12)6-5-9-15-13/h5-10H,4H2,1-3H3. The first-order valence-electron chi connectivity index (χ1n) is 5.63. The van der Waals surface area contributed by atoms with Crippen molar-refractivity contribution in [2.24, 2.45) is 0 Å². The molecular formula is C14H17NO. The Morgan fingerprint density at radius 2 is 2.06 bits per heavy atom. The SMILES string of the molecule is CCOC(C)(C)c1ccc2ncccc2c1. The van der Waals surface area contributed by atoms with E-state index in [0.29, 0.717) is 0 Å². The topological polar surface area (TPSA) is 22.1 Å². The molecule has 0 spiro atoms. The summed E-state index contributed by atoms with van der Waals surface area (Å²) in [6.07, 6.45) is 1.82. The van der Waals surface area contributed by atoms with E-state index < -0.39 is 0 Å². The highest BCUT2D eigenvalue weighted by molar-refractivity contribution is 5.79. The fourth-order valence-electron chi connectivity index (χ4n) is 1.89. The Bertz CT molecular complexity index is 491. The van der Waals surface area contributed by atoms with E-state index in [9.17, 15) is 0 Å². The van der Waals surface area contributed by atoms with Crippen LogP contribution < -0.4 is 0 Å². The number of fused-ring (bicyclic) bond motifs is 1. The van der Waals surface area contributed by atoms with Gasteiger partial charge in [0.15, 0.2) is 0 Å². The van der Waals surface area contributed by atoms with Crippen molar-refractivity contribution in [1.82, 2.24) is 4.98 Å². The normalized spacial score (nSPS) is 11.9. The molecule has 0 amide bonds. The lowest BCUT2D eigenvalue weighted by Gasteiger charge is -2.25. The van der Waals surface area contributed by atoms with Crippen molar-refractivity contribution in [3.8, 4) is 0 Å². The van der Waals surface area contributed by atoms with Crippen LogP contribution in [0.2, 0.25) is 0 Å². The number of aromatic nitrogens is 1. The molecule has 1 aromatic heterocycles. The second-order valence-electron chi connectivity index (χ2n) is 4.35. The van der Waals surface area contributed by atoms with Crippen molar-refractivity contribution in [1.29, 1.82) is 0 Å². The van der Waals surface area contributed by atoms with Gasteiger partial charge in [0.2, 0.25) is 0 Å². The third-order valence-corrected chi connectivity index (χ3v) is 2.80. The third-order valence-electron chi connectivity index (χ3n) is 2.80. The van der Waals surface area contributed by atoms with E-state index in [1.807, 2.05) is 25.3 Å². The van der Waals surface area contributed by atoms with Gasteiger partial charge >= 0.3 is 0 Å². The van der Waals surface area contributed by atoms with Crippen molar-refractivity contribution in [3.05, 3.63) is 42.1 Å². The lowest BCUT2D eigenvalue weighted by molar-refractivity contribution is -0.0139. The van der Waals surface area contributed by atoms with Gasteiger partial charge in [-0.15, -0.1) is 0 Å². The molecule has 0 N–H and O–H groups in total. The maximum atomic E-state index is 5.74. The van der Waals surface area contributed by atoms with Gasteiger partial charge in [-0.25, -0.2) is 0 Å². The molecule has 0 fully saturated rings. The van der Waals surface area contributed by atoms with Gasteiger partial charge in [-0.05, 0) is 44.5 Å². The summed E-state index contributed by atoms with van der Waals surface area (Å²) in [7, 11) is 0. The van der Waals surface area contributed by atoms with Crippen LogP contribution in [0.1, 0.15) is 26.3 Å². The van der Waals surface area contributed by atoms with E-state index in [2.05, 4.69) is 37.0 Å². The molecule has 16 heavy (non-hydrogen) atoms. The van der Waals surface area contributed by atoms with Gasteiger partial charge in [-0.1, -0.05) is 12.1 Å². The van der Waals surface area contributed by atoms with Crippen LogP contribution in [0, 0.1) is 0 Å². The number of hydrogen-bond acceptors (Lipinski definition) is 2. The minimum Gasteiger partial charge on any atom is -0.371 e. The van der Waals surface area contributed by atoms with Crippen LogP contribution in [0.15, 0.2) is 36.5 Å². The Kier molecular flexibility index (Phi) is 2.92. The first kappa shape index (κ1) is 11.1. The lowest BCUT2D eigenvalue weighted by atomic mass is 9.96. The molecule has 0 saturated heterocycles. The van der Waals surface area contributed by atoms with Gasteiger partial charge in [0.05, 0.1) is 11.1 Å². The quantitative estimate of drug-likeness (QED) is 0.781. The zero-order chi connectivity index (χ0) is 11.6. The van der Waals surface area contributed by atoms with Crippen LogP contribution in [0.3, 0.4) is 0 Å². The lowest BCUT2D eigenvalue weighted by Crippen LogP contribution is -2.21. The van der Waals surface area contributed by atoms with Gasteiger partial charge in [0, 0.05) is 18.2 Å². The van der Waals surface area contributed by atoms with Crippen molar-refractivity contribution < 1.29 is 4.74 Å². The van der Waals surface area contributed by atoms with Gasteiger partial charge in [-0.3, -0.25) is 4.98 Å². The van der Waals surface area contributed by atoms with E-state index in [-0.39, 0.29) is 5.60 Å². The highest BCUT2D eigenvalue weighted by Crippen LogP contribution is 2.26. The summed E-state index contributed by atoms with van der Waals surface area (Å²) in [4.78, 5) is 4.31. The molecule has 1 aromatic carbocycles. The van der Waals surface area contributed by atoms with Crippen LogP contribution in [-0.4, -0.2) is 11.6 Å². The number of benzene rings is 1. The Morgan fingerprint density at radius 3 is 2.81 bits per heavy atom. The van der Waals surface area contributed by atoms with Crippen LogP contribution in [0.4, 0.5) is 0 Å². The minimum atomic E-state index is -0.237. The summed E-state index contributed by atoms with van der Waals surface area (Å²) < 4.78 is 5.74. The van der Waals surface area contributed by atoms with Gasteiger partial charge in [0.25, 0.3) is 0 Å². The molecule has 2 aromatic rings. The smallest absolute Gasteiger partial charge is 0.0875 e. The molecule has 1 heterocycles. The summed E-state index contributed by atoms with van der Waals surface area (Å²) in [5, 5.41) is 1.16. The monoisotopic (exact) mass is 215 g/mol. The van der Waals surface area contributed by atoms with E-state index in [4.69, 9.17) is 4.74 Å². The Morgan fingerprint density at radius 1 is 1.25 bits per heavy atom. The van der Waals surface area contributed by atoms with E-state index in [1.54, 1.807) is 0 Å².